The predicted molar refractivity (Wildman–Crippen MR) is 67.6 cm³/mol. The summed E-state index contributed by atoms with van der Waals surface area (Å²) < 4.78 is 1.64. The fourth-order valence-electron chi connectivity index (χ4n) is 2.43. The lowest BCUT2D eigenvalue weighted by Gasteiger charge is -2.13. The molecule has 0 saturated heterocycles. The van der Waals surface area contributed by atoms with E-state index >= 15 is 0 Å². The molecule has 0 fully saturated rings. The van der Waals surface area contributed by atoms with Gasteiger partial charge in [-0.25, -0.2) is 9.48 Å². The number of fused-ring (bicyclic) bond motifs is 1. The summed E-state index contributed by atoms with van der Waals surface area (Å²) >= 11 is 0. The first-order chi connectivity index (χ1) is 9.16. The molecule has 0 unspecified atom stereocenters. The molecule has 3 rings (SSSR count). The number of para-hydroxylation sites is 1. The van der Waals surface area contributed by atoms with E-state index in [-0.39, 0.29) is 17.9 Å². The predicted octanol–water partition coefficient (Wildman–Crippen LogP) is 1.63. The molecule has 1 aliphatic carbocycles. The highest BCUT2D eigenvalue weighted by Crippen LogP contribution is 2.25. The first-order valence-corrected chi connectivity index (χ1v) is 6.08. The van der Waals surface area contributed by atoms with Gasteiger partial charge in [0, 0.05) is 24.1 Å². The highest BCUT2D eigenvalue weighted by Gasteiger charge is 2.28. The molecule has 0 spiro atoms. The Hall–Kier alpha value is -2.43. The smallest absolute Gasteiger partial charge is 0.356 e. The number of aromatic nitrogens is 2. The molecule has 0 atom stereocenters. The zero-order valence-corrected chi connectivity index (χ0v) is 10.2. The van der Waals surface area contributed by atoms with E-state index in [1.807, 2.05) is 30.3 Å². The van der Waals surface area contributed by atoms with Gasteiger partial charge in [-0.15, -0.1) is 0 Å². The third-order valence-corrected chi connectivity index (χ3v) is 3.31. The maximum atomic E-state index is 11.5. The van der Waals surface area contributed by atoms with Crippen molar-refractivity contribution in [3.8, 4) is 5.69 Å². The lowest BCUT2D eigenvalue weighted by Crippen LogP contribution is -2.16. The number of Topliss-reactive ketones (excluding diaryl/α,β-unsaturated/α-hetero) is 1. The van der Waals surface area contributed by atoms with Crippen molar-refractivity contribution in [1.82, 2.24) is 9.78 Å². The SMILES string of the molecule is O=C1CCc2c(c(C(=O)O)nn2-c2ccccc2)C1. The Labute approximate surface area is 109 Å². The molecule has 5 nitrogen and oxygen atoms in total. The van der Waals surface area contributed by atoms with Crippen LogP contribution >= 0.6 is 0 Å². The first-order valence-electron chi connectivity index (χ1n) is 6.08. The van der Waals surface area contributed by atoms with Gasteiger partial charge in [-0.05, 0) is 18.6 Å². The van der Waals surface area contributed by atoms with Crippen LogP contribution < -0.4 is 0 Å². The lowest BCUT2D eigenvalue weighted by molar-refractivity contribution is -0.118. The highest BCUT2D eigenvalue weighted by atomic mass is 16.4. The van der Waals surface area contributed by atoms with E-state index in [1.54, 1.807) is 4.68 Å². The normalized spacial score (nSPS) is 14.2. The number of hydrogen-bond donors (Lipinski definition) is 1. The number of carboxylic acids is 1. The standard InChI is InChI=1S/C14H12N2O3/c17-10-6-7-12-11(8-10)13(14(18)19)15-16(12)9-4-2-1-3-5-9/h1-5H,6-8H2,(H,18,19). The van der Waals surface area contributed by atoms with Crippen molar-refractivity contribution < 1.29 is 14.7 Å². The van der Waals surface area contributed by atoms with Gasteiger partial charge in [-0.1, -0.05) is 18.2 Å². The summed E-state index contributed by atoms with van der Waals surface area (Å²) in [5.74, 6) is -1.01. The van der Waals surface area contributed by atoms with Crippen LogP contribution in [0.15, 0.2) is 30.3 Å². The zero-order chi connectivity index (χ0) is 13.4. The number of hydrogen-bond acceptors (Lipinski definition) is 3. The van der Waals surface area contributed by atoms with E-state index in [0.29, 0.717) is 18.4 Å². The van der Waals surface area contributed by atoms with E-state index in [4.69, 9.17) is 0 Å². The van der Waals surface area contributed by atoms with Gasteiger partial charge in [0.05, 0.1) is 5.69 Å². The Bertz CT molecular complexity index is 659. The van der Waals surface area contributed by atoms with Crippen molar-refractivity contribution in [2.24, 2.45) is 0 Å². The molecule has 1 heterocycles. The number of carboxylic acid groups (broad SMARTS) is 1. The molecule has 0 radical (unpaired) electrons. The molecule has 0 aliphatic heterocycles. The van der Waals surface area contributed by atoms with Crippen molar-refractivity contribution in [2.75, 3.05) is 0 Å². The summed E-state index contributed by atoms with van der Waals surface area (Å²) in [6, 6.07) is 9.38. The minimum Gasteiger partial charge on any atom is -0.476 e. The number of carbonyl (C=O) groups is 2. The van der Waals surface area contributed by atoms with Gasteiger partial charge in [-0.3, -0.25) is 4.79 Å². The van der Waals surface area contributed by atoms with Crippen LogP contribution in [-0.4, -0.2) is 26.6 Å². The largest absolute Gasteiger partial charge is 0.476 e. The van der Waals surface area contributed by atoms with Crippen LogP contribution in [-0.2, 0) is 17.6 Å². The van der Waals surface area contributed by atoms with Crippen molar-refractivity contribution in [3.63, 3.8) is 0 Å². The second-order valence-electron chi connectivity index (χ2n) is 4.54. The molecule has 1 N–H and O–H groups in total. The van der Waals surface area contributed by atoms with Crippen molar-refractivity contribution in [3.05, 3.63) is 47.3 Å². The van der Waals surface area contributed by atoms with Crippen LogP contribution in [0.3, 0.4) is 0 Å². The van der Waals surface area contributed by atoms with Crippen molar-refractivity contribution >= 4 is 11.8 Å². The number of rotatable bonds is 2. The van der Waals surface area contributed by atoms with Gasteiger partial charge in [0.15, 0.2) is 5.69 Å². The lowest BCUT2D eigenvalue weighted by atomic mass is 9.94. The van der Waals surface area contributed by atoms with E-state index < -0.39 is 5.97 Å². The number of carbonyl (C=O) groups excluding carboxylic acids is 1. The molecule has 1 aromatic heterocycles. The molecule has 5 heteroatoms. The molecule has 1 aliphatic rings. The molecule has 19 heavy (non-hydrogen) atoms. The second-order valence-corrected chi connectivity index (χ2v) is 4.54. The summed E-state index contributed by atoms with van der Waals surface area (Å²) in [5.41, 5.74) is 2.21. The highest BCUT2D eigenvalue weighted by molar-refractivity contribution is 5.92. The Morgan fingerprint density at radius 2 is 1.95 bits per heavy atom. The summed E-state index contributed by atoms with van der Waals surface area (Å²) in [7, 11) is 0. The number of ketones is 1. The Morgan fingerprint density at radius 1 is 1.21 bits per heavy atom. The van der Waals surface area contributed by atoms with Crippen LogP contribution in [0.4, 0.5) is 0 Å². The third-order valence-electron chi connectivity index (χ3n) is 3.31. The third kappa shape index (κ3) is 1.93. The molecular formula is C14H12N2O3. The van der Waals surface area contributed by atoms with Gasteiger partial charge in [0.25, 0.3) is 0 Å². The minimum absolute atomic E-state index is 0.00750. The molecule has 0 amide bonds. The molecule has 1 aromatic carbocycles. The van der Waals surface area contributed by atoms with Gasteiger partial charge >= 0.3 is 5.97 Å². The Balaban J connectivity index is 2.19. The summed E-state index contributed by atoms with van der Waals surface area (Å²) in [6.07, 6.45) is 1.16. The van der Waals surface area contributed by atoms with Crippen LogP contribution in [0.25, 0.3) is 5.69 Å². The quantitative estimate of drug-likeness (QED) is 0.886. The number of aromatic carboxylic acids is 1. The average molecular weight is 256 g/mol. The van der Waals surface area contributed by atoms with E-state index in [1.165, 1.54) is 0 Å². The van der Waals surface area contributed by atoms with Gasteiger partial charge in [-0.2, -0.15) is 5.10 Å². The van der Waals surface area contributed by atoms with Crippen molar-refractivity contribution in [1.29, 1.82) is 0 Å². The number of benzene rings is 1. The monoisotopic (exact) mass is 256 g/mol. The van der Waals surface area contributed by atoms with Gasteiger partial charge in [0.1, 0.15) is 5.78 Å². The first kappa shape index (κ1) is 11.6. The molecule has 0 bridgehead atoms. The zero-order valence-electron chi connectivity index (χ0n) is 10.2. The molecule has 0 saturated carbocycles. The maximum absolute atomic E-state index is 11.5. The van der Waals surface area contributed by atoms with Crippen LogP contribution in [0.2, 0.25) is 0 Å². The van der Waals surface area contributed by atoms with Gasteiger partial charge in [0.2, 0.25) is 0 Å². The van der Waals surface area contributed by atoms with E-state index in [2.05, 4.69) is 5.10 Å². The summed E-state index contributed by atoms with van der Waals surface area (Å²) in [5, 5.41) is 13.4. The average Bonchev–Trinajstić information content (AvgIpc) is 2.78. The summed E-state index contributed by atoms with van der Waals surface area (Å²) in [4.78, 5) is 22.8. The number of nitrogens with zero attached hydrogens (tertiary/aromatic N) is 2. The Kier molecular flexibility index (Phi) is 2.67. The van der Waals surface area contributed by atoms with Crippen molar-refractivity contribution in [2.45, 2.75) is 19.3 Å². The fourth-order valence-corrected chi connectivity index (χ4v) is 2.43. The fraction of sp³-hybridized carbons (Fsp3) is 0.214. The second kappa shape index (κ2) is 4.35. The molecular weight excluding hydrogens is 244 g/mol. The van der Waals surface area contributed by atoms with Crippen LogP contribution in [0.1, 0.15) is 28.2 Å². The Morgan fingerprint density at radius 3 is 2.63 bits per heavy atom. The minimum atomic E-state index is -1.08. The van der Waals surface area contributed by atoms with E-state index in [9.17, 15) is 14.7 Å². The van der Waals surface area contributed by atoms with Crippen LogP contribution in [0, 0.1) is 0 Å². The molecule has 2 aromatic rings. The van der Waals surface area contributed by atoms with Gasteiger partial charge < -0.3 is 5.11 Å². The maximum Gasteiger partial charge on any atom is 0.356 e. The topological polar surface area (TPSA) is 72.2 Å². The molecule has 96 valence electrons. The van der Waals surface area contributed by atoms with E-state index in [0.717, 1.165) is 11.4 Å². The summed E-state index contributed by atoms with van der Waals surface area (Å²) in [6.45, 7) is 0. The van der Waals surface area contributed by atoms with Crippen LogP contribution in [0.5, 0.6) is 0 Å².